The smallest absolute Gasteiger partial charge is 0.0683 e. The Bertz CT molecular complexity index is 1180. The molecule has 0 unspecified atom stereocenters. The lowest BCUT2D eigenvalue weighted by Gasteiger charge is -2.23. The molecule has 3 aromatic carbocycles. The van der Waals surface area contributed by atoms with Crippen LogP contribution >= 0.6 is 15.9 Å². The molecule has 0 aliphatic heterocycles. The topological polar surface area (TPSA) is 4.93 Å². The molecule has 0 aliphatic carbocycles. The first-order valence-electron chi connectivity index (χ1n) is 10.7. The van der Waals surface area contributed by atoms with Crippen molar-refractivity contribution in [2.45, 2.75) is 46.5 Å². The maximum absolute atomic E-state index is 3.93. The molecule has 0 atom stereocenters. The number of halogens is 1. The summed E-state index contributed by atoms with van der Waals surface area (Å²) in [5.74, 6) is 0.620. The maximum atomic E-state index is 3.93. The molecule has 30 heavy (non-hydrogen) atoms. The minimum atomic E-state index is 0.0921. The molecule has 0 saturated heterocycles. The third-order valence-electron chi connectivity index (χ3n) is 5.61. The first-order valence-corrected chi connectivity index (χ1v) is 11.5. The summed E-state index contributed by atoms with van der Waals surface area (Å²) in [5.41, 5.74) is 7.76. The van der Waals surface area contributed by atoms with Gasteiger partial charge in [-0.3, -0.25) is 0 Å². The summed E-state index contributed by atoms with van der Waals surface area (Å²) in [6.45, 7) is 11.5. The maximum Gasteiger partial charge on any atom is 0.0683 e. The van der Waals surface area contributed by atoms with Crippen molar-refractivity contribution in [1.82, 2.24) is 4.57 Å². The van der Waals surface area contributed by atoms with E-state index < -0.39 is 0 Å². The molecule has 0 bridgehead atoms. The van der Waals surface area contributed by atoms with Crippen molar-refractivity contribution in [2.75, 3.05) is 0 Å². The van der Waals surface area contributed by atoms with Gasteiger partial charge in [-0.15, -0.1) is 0 Å². The Morgan fingerprint density at radius 3 is 2.20 bits per heavy atom. The first-order chi connectivity index (χ1) is 14.3. The number of para-hydroxylation sites is 1. The zero-order valence-corrected chi connectivity index (χ0v) is 20.1. The van der Waals surface area contributed by atoms with Crippen LogP contribution < -0.4 is 0 Å². The molecule has 4 aromatic rings. The summed E-state index contributed by atoms with van der Waals surface area (Å²) in [7, 11) is 0. The van der Waals surface area contributed by atoms with Gasteiger partial charge in [0.1, 0.15) is 0 Å². The molecule has 0 N–H and O–H groups in total. The van der Waals surface area contributed by atoms with Crippen LogP contribution in [0.2, 0.25) is 0 Å². The summed E-state index contributed by atoms with van der Waals surface area (Å²) in [6.07, 6.45) is 1.08. The van der Waals surface area contributed by atoms with Gasteiger partial charge in [0.2, 0.25) is 0 Å². The second kappa shape index (κ2) is 8.07. The van der Waals surface area contributed by atoms with Crippen LogP contribution in [-0.2, 0) is 11.8 Å². The van der Waals surface area contributed by atoms with Crippen molar-refractivity contribution in [3.05, 3.63) is 88.4 Å². The fraction of sp³-hybridized carbons (Fsp3) is 0.286. The molecule has 0 spiro atoms. The molecule has 1 nitrogen and oxygen atoms in total. The van der Waals surface area contributed by atoms with Gasteiger partial charge in [-0.25, -0.2) is 0 Å². The van der Waals surface area contributed by atoms with E-state index in [2.05, 4.69) is 128 Å². The van der Waals surface area contributed by atoms with E-state index in [-0.39, 0.29) is 5.41 Å². The largest absolute Gasteiger partial charge is 0.308 e. The standard InChI is InChI=1S/C28H30BrN/c1-19(2)15-20-16-22(28(3,4)5)18-23(17-20)30-25-14-10-9-13-24(25)26(29)27(30)21-11-7-6-8-12-21/h6-14,16-19H,15H2,1-5H3. The lowest BCUT2D eigenvalue weighted by molar-refractivity contribution is 0.585. The molecule has 0 fully saturated rings. The van der Waals surface area contributed by atoms with E-state index in [0.717, 1.165) is 10.9 Å². The van der Waals surface area contributed by atoms with Crippen LogP contribution in [0, 0.1) is 5.92 Å². The molecule has 154 valence electrons. The molecular weight excluding hydrogens is 430 g/mol. The van der Waals surface area contributed by atoms with Crippen LogP contribution in [0.5, 0.6) is 0 Å². The average molecular weight is 460 g/mol. The van der Waals surface area contributed by atoms with E-state index in [1.54, 1.807) is 0 Å². The van der Waals surface area contributed by atoms with Gasteiger partial charge in [-0.1, -0.05) is 89.2 Å². The molecule has 0 amide bonds. The van der Waals surface area contributed by atoms with Gasteiger partial charge in [-0.05, 0) is 68.6 Å². The van der Waals surface area contributed by atoms with Crippen LogP contribution in [0.1, 0.15) is 45.7 Å². The summed E-state index contributed by atoms with van der Waals surface area (Å²) >= 11 is 3.93. The number of rotatable bonds is 4. The van der Waals surface area contributed by atoms with Gasteiger partial charge in [0.05, 0.1) is 15.7 Å². The fourth-order valence-electron chi connectivity index (χ4n) is 4.15. The van der Waals surface area contributed by atoms with E-state index in [4.69, 9.17) is 0 Å². The van der Waals surface area contributed by atoms with Gasteiger partial charge in [0.25, 0.3) is 0 Å². The summed E-state index contributed by atoms with van der Waals surface area (Å²) in [6, 6.07) is 26.5. The monoisotopic (exact) mass is 459 g/mol. The van der Waals surface area contributed by atoms with Crippen molar-refractivity contribution in [3.8, 4) is 16.9 Å². The molecule has 0 radical (unpaired) electrons. The second-order valence-corrected chi connectivity index (χ2v) is 10.4. The van der Waals surface area contributed by atoms with Crippen molar-refractivity contribution >= 4 is 26.8 Å². The van der Waals surface area contributed by atoms with Crippen molar-refractivity contribution in [1.29, 1.82) is 0 Å². The fourth-order valence-corrected chi connectivity index (χ4v) is 4.89. The average Bonchev–Trinajstić information content (AvgIpc) is 3.00. The summed E-state index contributed by atoms with van der Waals surface area (Å²) in [4.78, 5) is 0. The van der Waals surface area contributed by atoms with E-state index in [1.165, 1.54) is 39.0 Å². The van der Waals surface area contributed by atoms with E-state index >= 15 is 0 Å². The van der Waals surface area contributed by atoms with Gasteiger partial charge in [-0.2, -0.15) is 0 Å². The Kier molecular flexibility index (Phi) is 5.63. The highest BCUT2D eigenvalue weighted by Gasteiger charge is 2.21. The third-order valence-corrected chi connectivity index (χ3v) is 6.41. The quantitative estimate of drug-likeness (QED) is 0.288. The van der Waals surface area contributed by atoms with Crippen LogP contribution in [0.3, 0.4) is 0 Å². The highest BCUT2D eigenvalue weighted by Crippen LogP contribution is 2.40. The number of hydrogen-bond acceptors (Lipinski definition) is 0. The Balaban J connectivity index is 2.06. The van der Waals surface area contributed by atoms with Crippen LogP contribution in [-0.4, -0.2) is 4.57 Å². The highest BCUT2D eigenvalue weighted by molar-refractivity contribution is 9.10. The Morgan fingerprint density at radius 1 is 0.867 bits per heavy atom. The van der Waals surface area contributed by atoms with Gasteiger partial charge >= 0.3 is 0 Å². The van der Waals surface area contributed by atoms with Gasteiger partial charge in [0.15, 0.2) is 0 Å². The van der Waals surface area contributed by atoms with Gasteiger partial charge < -0.3 is 4.57 Å². The first kappa shape index (κ1) is 20.9. The number of aromatic nitrogens is 1. The summed E-state index contributed by atoms with van der Waals surface area (Å²) < 4.78 is 3.57. The normalized spacial score (nSPS) is 12.1. The number of benzene rings is 3. The molecule has 0 saturated carbocycles. The predicted molar refractivity (Wildman–Crippen MR) is 134 cm³/mol. The highest BCUT2D eigenvalue weighted by atomic mass is 79.9. The Labute approximate surface area is 188 Å². The second-order valence-electron chi connectivity index (χ2n) is 9.62. The van der Waals surface area contributed by atoms with E-state index in [1.807, 2.05) is 0 Å². The van der Waals surface area contributed by atoms with Crippen LogP contribution in [0.25, 0.3) is 27.8 Å². The lowest BCUT2D eigenvalue weighted by atomic mass is 9.85. The molecular formula is C28H30BrN. The van der Waals surface area contributed by atoms with Crippen LogP contribution in [0.15, 0.2) is 77.3 Å². The molecule has 1 heterocycles. The lowest BCUT2D eigenvalue weighted by Crippen LogP contribution is -2.13. The zero-order chi connectivity index (χ0) is 21.5. The van der Waals surface area contributed by atoms with E-state index in [9.17, 15) is 0 Å². The molecule has 2 heteroatoms. The predicted octanol–water partition coefficient (Wildman–Crippen LogP) is 8.56. The van der Waals surface area contributed by atoms with Crippen LogP contribution in [0.4, 0.5) is 0 Å². The SMILES string of the molecule is CC(C)Cc1cc(-n2c(-c3ccccc3)c(Br)c3ccccc32)cc(C(C)(C)C)c1. The summed E-state index contributed by atoms with van der Waals surface area (Å²) in [5, 5.41) is 1.24. The number of fused-ring (bicyclic) bond motifs is 1. The Morgan fingerprint density at radius 2 is 1.53 bits per heavy atom. The number of hydrogen-bond donors (Lipinski definition) is 0. The minimum absolute atomic E-state index is 0.0921. The van der Waals surface area contributed by atoms with Crippen molar-refractivity contribution < 1.29 is 0 Å². The zero-order valence-electron chi connectivity index (χ0n) is 18.5. The minimum Gasteiger partial charge on any atom is -0.308 e. The molecule has 0 aliphatic rings. The van der Waals surface area contributed by atoms with E-state index in [0.29, 0.717) is 5.92 Å². The molecule has 1 aromatic heterocycles. The number of nitrogens with zero attached hydrogens (tertiary/aromatic N) is 1. The Hall–Kier alpha value is -2.32. The van der Waals surface area contributed by atoms with Crippen molar-refractivity contribution in [2.24, 2.45) is 5.92 Å². The molecule has 4 rings (SSSR count). The third kappa shape index (κ3) is 3.98. The van der Waals surface area contributed by atoms with Gasteiger partial charge in [0, 0.05) is 11.1 Å². The van der Waals surface area contributed by atoms with Crippen molar-refractivity contribution in [3.63, 3.8) is 0 Å².